The monoisotopic (exact) mass is 196 g/mol. The van der Waals surface area contributed by atoms with E-state index in [1.165, 1.54) is 51.6 Å². The summed E-state index contributed by atoms with van der Waals surface area (Å²) in [6.45, 7) is 4.94. The van der Waals surface area contributed by atoms with Crippen LogP contribution in [0.3, 0.4) is 0 Å². The highest BCUT2D eigenvalue weighted by molar-refractivity contribution is 4.93. The third kappa shape index (κ3) is 2.29. The molecule has 0 saturated carbocycles. The van der Waals surface area contributed by atoms with Gasteiger partial charge in [0.1, 0.15) is 0 Å². The molecule has 2 heteroatoms. The van der Waals surface area contributed by atoms with E-state index >= 15 is 0 Å². The van der Waals surface area contributed by atoms with Crippen LogP contribution in [0.5, 0.6) is 0 Å². The second-order valence-electron chi connectivity index (χ2n) is 5.43. The molecule has 0 radical (unpaired) electrons. The maximum absolute atomic E-state index is 3.67. The molecule has 1 N–H and O–H groups in total. The van der Waals surface area contributed by atoms with Crippen molar-refractivity contribution in [1.82, 2.24) is 10.2 Å². The number of hydrogen-bond donors (Lipinski definition) is 1. The fraction of sp³-hybridized carbons (Fsp3) is 1.00. The topological polar surface area (TPSA) is 15.3 Å². The van der Waals surface area contributed by atoms with Crippen molar-refractivity contribution >= 4 is 0 Å². The van der Waals surface area contributed by atoms with E-state index in [4.69, 9.17) is 0 Å². The normalized spacial score (nSPS) is 40.3. The van der Waals surface area contributed by atoms with E-state index in [2.05, 4.69) is 24.2 Å². The van der Waals surface area contributed by atoms with Crippen molar-refractivity contribution < 1.29 is 0 Å². The SMILES string of the molecule is CN1CCCCC1CC1(C)CCCN1. The molecule has 0 aliphatic carbocycles. The van der Waals surface area contributed by atoms with Crippen molar-refractivity contribution in [2.24, 2.45) is 0 Å². The molecule has 2 fully saturated rings. The van der Waals surface area contributed by atoms with Crippen LogP contribution < -0.4 is 5.32 Å². The van der Waals surface area contributed by atoms with E-state index in [1.54, 1.807) is 0 Å². The first kappa shape index (κ1) is 10.4. The molecule has 2 rings (SSSR count). The van der Waals surface area contributed by atoms with Crippen molar-refractivity contribution in [3.8, 4) is 0 Å². The molecule has 0 amide bonds. The van der Waals surface area contributed by atoms with E-state index in [0.717, 1.165) is 6.04 Å². The van der Waals surface area contributed by atoms with E-state index in [9.17, 15) is 0 Å². The van der Waals surface area contributed by atoms with Crippen LogP contribution >= 0.6 is 0 Å². The lowest BCUT2D eigenvalue weighted by molar-refractivity contribution is 0.145. The molecule has 0 aromatic heterocycles. The third-order valence-electron chi connectivity index (χ3n) is 4.06. The van der Waals surface area contributed by atoms with Gasteiger partial charge in [-0.15, -0.1) is 0 Å². The number of rotatable bonds is 2. The lowest BCUT2D eigenvalue weighted by Crippen LogP contribution is -2.46. The van der Waals surface area contributed by atoms with Gasteiger partial charge in [-0.1, -0.05) is 6.42 Å². The predicted octanol–water partition coefficient (Wildman–Crippen LogP) is 2.00. The van der Waals surface area contributed by atoms with Gasteiger partial charge < -0.3 is 10.2 Å². The van der Waals surface area contributed by atoms with Crippen LogP contribution in [0.1, 0.15) is 45.4 Å². The van der Waals surface area contributed by atoms with Crippen LogP contribution in [0.2, 0.25) is 0 Å². The zero-order chi connectivity index (χ0) is 10.0. The summed E-state index contributed by atoms with van der Waals surface area (Å²) in [5.74, 6) is 0. The van der Waals surface area contributed by atoms with E-state index < -0.39 is 0 Å². The number of nitrogens with one attached hydrogen (secondary N) is 1. The number of likely N-dealkylation sites (tertiary alicyclic amines) is 1. The van der Waals surface area contributed by atoms with Gasteiger partial charge in [0.2, 0.25) is 0 Å². The maximum Gasteiger partial charge on any atom is 0.0168 e. The molecule has 0 spiro atoms. The zero-order valence-corrected chi connectivity index (χ0v) is 9.68. The largest absolute Gasteiger partial charge is 0.311 e. The second-order valence-corrected chi connectivity index (χ2v) is 5.43. The Labute approximate surface area is 88.1 Å². The first-order chi connectivity index (χ1) is 6.70. The molecular formula is C12H24N2. The number of nitrogens with zero attached hydrogens (tertiary/aromatic N) is 1. The highest BCUT2D eigenvalue weighted by atomic mass is 15.1. The predicted molar refractivity (Wildman–Crippen MR) is 60.5 cm³/mol. The first-order valence-corrected chi connectivity index (χ1v) is 6.15. The fourth-order valence-electron chi connectivity index (χ4n) is 3.05. The summed E-state index contributed by atoms with van der Waals surface area (Å²) in [7, 11) is 2.29. The van der Waals surface area contributed by atoms with Crippen LogP contribution in [-0.4, -0.2) is 36.6 Å². The van der Waals surface area contributed by atoms with Crippen molar-refractivity contribution in [3.63, 3.8) is 0 Å². The summed E-state index contributed by atoms with van der Waals surface area (Å²) in [5, 5.41) is 3.67. The Hall–Kier alpha value is -0.0800. The van der Waals surface area contributed by atoms with Gasteiger partial charge in [-0.3, -0.25) is 0 Å². The minimum Gasteiger partial charge on any atom is -0.311 e. The van der Waals surface area contributed by atoms with E-state index in [0.29, 0.717) is 5.54 Å². The van der Waals surface area contributed by atoms with Crippen LogP contribution in [0, 0.1) is 0 Å². The number of piperidine rings is 1. The van der Waals surface area contributed by atoms with Gasteiger partial charge in [-0.2, -0.15) is 0 Å². The van der Waals surface area contributed by atoms with Gasteiger partial charge in [-0.25, -0.2) is 0 Å². The maximum atomic E-state index is 3.67. The average molecular weight is 196 g/mol. The Bertz CT molecular complexity index is 185. The molecule has 0 bridgehead atoms. The molecule has 2 atom stereocenters. The molecule has 82 valence electrons. The molecule has 2 aliphatic heterocycles. The Balaban J connectivity index is 1.88. The third-order valence-corrected chi connectivity index (χ3v) is 4.06. The molecule has 2 nitrogen and oxygen atoms in total. The standard InChI is InChI=1S/C12H24N2/c1-12(7-5-8-13-12)10-11-6-3-4-9-14(11)2/h11,13H,3-10H2,1-2H3. The van der Waals surface area contributed by atoms with E-state index in [-0.39, 0.29) is 0 Å². The summed E-state index contributed by atoms with van der Waals surface area (Å²) >= 11 is 0. The van der Waals surface area contributed by atoms with Crippen LogP contribution in [-0.2, 0) is 0 Å². The Morgan fingerprint density at radius 3 is 2.86 bits per heavy atom. The molecule has 2 unspecified atom stereocenters. The molecule has 0 aromatic rings. The van der Waals surface area contributed by atoms with Crippen molar-refractivity contribution in [3.05, 3.63) is 0 Å². The summed E-state index contributed by atoms with van der Waals surface area (Å²) in [5.41, 5.74) is 0.441. The molecule has 14 heavy (non-hydrogen) atoms. The Morgan fingerprint density at radius 2 is 2.21 bits per heavy atom. The molecule has 0 aromatic carbocycles. The highest BCUT2D eigenvalue weighted by Gasteiger charge is 2.32. The fourth-order valence-corrected chi connectivity index (χ4v) is 3.05. The summed E-state index contributed by atoms with van der Waals surface area (Å²) in [4.78, 5) is 2.56. The molecule has 2 heterocycles. The van der Waals surface area contributed by atoms with Gasteiger partial charge in [0.15, 0.2) is 0 Å². The zero-order valence-electron chi connectivity index (χ0n) is 9.68. The summed E-state index contributed by atoms with van der Waals surface area (Å²) in [6.07, 6.45) is 8.34. The van der Waals surface area contributed by atoms with Gasteiger partial charge in [0.25, 0.3) is 0 Å². The first-order valence-electron chi connectivity index (χ1n) is 6.15. The van der Waals surface area contributed by atoms with Crippen LogP contribution in [0.25, 0.3) is 0 Å². The van der Waals surface area contributed by atoms with Crippen LogP contribution in [0.15, 0.2) is 0 Å². The summed E-state index contributed by atoms with van der Waals surface area (Å²) < 4.78 is 0. The van der Waals surface area contributed by atoms with Crippen molar-refractivity contribution in [2.45, 2.75) is 57.0 Å². The Kier molecular flexibility index (Phi) is 3.13. The van der Waals surface area contributed by atoms with Crippen LogP contribution in [0.4, 0.5) is 0 Å². The van der Waals surface area contributed by atoms with Crippen molar-refractivity contribution in [2.75, 3.05) is 20.1 Å². The van der Waals surface area contributed by atoms with Gasteiger partial charge in [0, 0.05) is 11.6 Å². The smallest absolute Gasteiger partial charge is 0.0168 e. The van der Waals surface area contributed by atoms with E-state index in [1.807, 2.05) is 0 Å². The molecule has 2 saturated heterocycles. The van der Waals surface area contributed by atoms with Gasteiger partial charge in [-0.05, 0) is 59.2 Å². The van der Waals surface area contributed by atoms with Crippen molar-refractivity contribution in [1.29, 1.82) is 0 Å². The minimum absolute atomic E-state index is 0.441. The number of hydrogen-bond acceptors (Lipinski definition) is 2. The average Bonchev–Trinajstić information content (AvgIpc) is 2.57. The lowest BCUT2D eigenvalue weighted by atomic mass is 9.87. The summed E-state index contributed by atoms with van der Waals surface area (Å²) in [6, 6.07) is 0.833. The van der Waals surface area contributed by atoms with Gasteiger partial charge >= 0.3 is 0 Å². The molecule has 2 aliphatic rings. The Morgan fingerprint density at radius 1 is 1.36 bits per heavy atom. The lowest BCUT2D eigenvalue weighted by Gasteiger charge is -2.38. The highest BCUT2D eigenvalue weighted by Crippen LogP contribution is 2.29. The second kappa shape index (κ2) is 4.19. The molecular weight excluding hydrogens is 172 g/mol. The van der Waals surface area contributed by atoms with Gasteiger partial charge in [0.05, 0.1) is 0 Å². The quantitative estimate of drug-likeness (QED) is 0.727. The minimum atomic E-state index is 0.441.